The van der Waals surface area contributed by atoms with Crippen molar-refractivity contribution in [2.45, 2.75) is 107 Å². The predicted molar refractivity (Wildman–Crippen MR) is 322 cm³/mol. The molecule has 10 atom stereocenters. The first-order valence-electron chi connectivity index (χ1n) is 30.2. The average molecular weight is 1340 g/mol. The van der Waals surface area contributed by atoms with Crippen LogP contribution < -0.4 is 49.3 Å². The maximum absolute atomic E-state index is 13.6. The highest BCUT2D eigenvalue weighted by Crippen LogP contribution is 2.27. The van der Waals surface area contributed by atoms with Crippen LogP contribution in [0.2, 0.25) is 0 Å². The van der Waals surface area contributed by atoms with Crippen molar-refractivity contribution in [3.05, 3.63) is 23.7 Å². The summed E-state index contributed by atoms with van der Waals surface area (Å²) in [5, 5.41) is 91.6. The minimum atomic E-state index is -1.75. The summed E-state index contributed by atoms with van der Waals surface area (Å²) in [5.41, 5.74) is 11.0. The minimum Gasteiger partial charge on any atom is -0.478 e. The summed E-state index contributed by atoms with van der Waals surface area (Å²) >= 11 is 0. The highest BCUT2D eigenvalue weighted by molar-refractivity contribution is 5.86. The third kappa shape index (κ3) is 36.5. The van der Waals surface area contributed by atoms with Gasteiger partial charge in [0.05, 0.1) is 156 Å². The number of carbonyl (C=O) groups is 7. The van der Waals surface area contributed by atoms with Gasteiger partial charge in [0.25, 0.3) is 0 Å². The van der Waals surface area contributed by atoms with E-state index in [0.717, 1.165) is 26.0 Å². The van der Waals surface area contributed by atoms with E-state index < -0.39 is 146 Å². The van der Waals surface area contributed by atoms with E-state index in [4.69, 9.17) is 85.0 Å². The largest absolute Gasteiger partial charge is 0.478 e. The molecule has 38 nitrogen and oxygen atoms in total. The van der Waals surface area contributed by atoms with Crippen LogP contribution >= 0.6 is 0 Å². The Hall–Kier alpha value is -6.73. The summed E-state index contributed by atoms with van der Waals surface area (Å²) in [4.78, 5) is 94.1. The van der Waals surface area contributed by atoms with Gasteiger partial charge in [-0.15, -0.1) is 0 Å². The number of amides is 5. The van der Waals surface area contributed by atoms with Crippen LogP contribution in [0.5, 0.6) is 0 Å². The van der Waals surface area contributed by atoms with Crippen molar-refractivity contribution in [1.29, 1.82) is 10.8 Å². The molecule has 0 bridgehead atoms. The molecule has 0 aromatic rings. The number of carboxylic acid groups (broad SMARTS) is 2. The van der Waals surface area contributed by atoms with Gasteiger partial charge in [0.2, 0.25) is 41.1 Å². The first kappa shape index (κ1) is 82.4. The number of hydrogen-bond acceptors (Lipinski definition) is 27. The number of ether oxygens (including phenoxy) is 12. The van der Waals surface area contributed by atoms with E-state index in [1.807, 2.05) is 0 Å². The molecule has 2 heterocycles. The fourth-order valence-electron chi connectivity index (χ4n) is 8.92. The van der Waals surface area contributed by atoms with Crippen LogP contribution in [-0.2, 0) is 95.2 Å². The van der Waals surface area contributed by atoms with Crippen molar-refractivity contribution in [2.75, 3.05) is 165 Å². The van der Waals surface area contributed by atoms with Crippen LogP contribution in [0.25, 0.3) is 0 Å². The number of aliphatic hydroxyl groups is 4. The quantitative estimate of drug-likeness (QED) is 0.0116. The normalized spacial score (nSPS) is 19.0. The molecule has 0 spiro atoms. The third-order valence-electron chi connectivity index (χ3n) is 13.2. The summed E-state index contributed by atoms with van der Waals surface area (Å²) in [6.45, 7) is 5.50. The second kappa shape index (κ2) is 49.8. The maximum Gasteiger partial charge on any atom is 0.370 e. The molecule has 93 heavy (non-hydrogen) atoms. The van der Waals surface area contributed by atoms with Gasteiger partial charge in [-0.3, -0.25) is 34.8 Å². The van der Waals surface area contributed by atoms with E-state index in [0.29, 0.717) is 118 Å². The van der Waals surface area contributed by atoms with Gasteiger partial charge in [0.15, 0.2) is 24.1 Å². The fourth-order valence-corrected chi connectivity index (χ4v) is 8.92. The summed E-state index contributed by atoms with van der Waals surface area (Å²) in [6.07, 6.45) is -6.20. The monoisotopic (exact) mass is 1340 g/mol. The molecule has 5 amide bonds. The number of nitrogens with one attached hydrogen (secondary N) is 8. The molecular formula is C55H98N12O26. The Morgan fingerprint density at radius 2 is 0.849 bits per heavy atom. The first-order valence-corrected chi connectivity index (χ1v) is 30.2. The van der Waals surface area contributed by atoms with Gasteiger partial charge in [0, 0.05) is 40.0 Å². The standard InChI is InChI=1S/C55H98N12O26/c1-35(70)63-46-37(65-54(56)57)29-41(52(77)78)92-50(46)48(39(72)31-68)89-33-43(74)61-8-3-5-10-67(45(76)7-12-81-13-14-82-15-16-83-17-18-84-19-20-85-21-22-86-23-24-87-25-26-88-27-28-91-60)11-6-4-9-62-44(75)34-90-49(40(73)32-69)51-47(64-36(2)71)38(66-55(58)59)30-42(93-51)53(79)80/h29-30,37-40,46-51,68-69,72-73H,3-28,31-34,60H2,1-2H3,(H,61,74)(H,62,75)(H,63,70)(H,64,71)(H,77,78)(H,79,80)(H4,56,57,65)(H4,58,59,66)/t37-,38-,39+,40+,46+,47+,48+,49+,50+,51+/m0/s1. The summed E-state index contributed by atoms with van der Waals surface area (Å²) in [5.74, 6) is -3.52. The lowest BCUT2D eigenvalue weighted by Gasteiger charge is -2.41. The third-order valence-corrected chi connectivity index (χ3v) is 13.2. The maximum atomic E-state index is 13.6. The van der Waals surface area contributed by atoms with Crippen molar-refractivity contribution in [2.24, 2.45) is 17.4 Å². The molecule has 0 aromatic heterocycles. The molecule has 38 heteroatoms. The zero-order chi connectivity index (χ0) is 68.8. The van der Waals surface area contributed by atoms with Gasteiger partial charge in [0.1, 0.15) is 37.6 Å². The molecule has 2 aliphatic heterocycles. The van der Waals surface area contributed by atoms with E-state index in [1.165, 1.54) is 0 Å². The smallest absolute Gasteiger partial charge is 0.370 e. The number of nitrogens with two attached hydrogens (primary N) is 3. The summed E-state index contributed by atoms with van der Waals surface area (Å²) in [7, 11) is 0. The molecule has 2 rings (SSSR count). The van der Waals surface area contributed by atoms with Crippen LogP contribution in [-0.4, -0.2) is 315 Å². The molecule has 2 aliphatic rings. The Kier molecular flexibility index (Phi) is 44.1. The molecule has 534 valence electrons. The highest BCUT2D eigenvalue weighted by atomic mass is 16.6. The number of nitrogens with zero attached hydrogens (tertiary/aromatic N) is 1. The lowest BCUT2D eigenvalue weighted by Crippen LogP contribution is -2.64. The zero-order valence-electron chi connectivity index (χ0n) is 52.7. The van der Waals surface area contributed by atoms with E-state index in [-0.39, 0.29) is 58.3 Å². The molecular weight excluding hydrogens is 1240 g/mol. The van der Waals surface area contributed by atoms with Crippen molar-refractivity contribution in [3.8, 4) is 0 Å². The van der Waals surface area contributed by atoms with Gasteiger partial charge in [-0.05, 0) is 37.8 Å². The van der Waals surface area contributed by atoms with Crippen LogP contribution in [0.1, 0.15) is 46.0 Å². The number of rotatable bonds is 55. The van der Waals surface area contributed by atoms with Crippen LogP contribution in [0.15, 0.2) is 23.7 Å². The van der Waals surface area contributed by atoms with Crippen molar-refractivity contribution >= 4 is 53.4 Å². The highest BCUT2D eigenvalue weighted by Gasteiger charge is 2.47. The number of aliphatic hydroxyl groups excluding tert-OH is 4. The molecule has 0 unspecified atom stereocenters. The van der Waals surface area contributed by atoms with Gasteiger partial charge in [-0.1, -0.05) is 0 Å². The Morgan fingerprint density at radius 1 is 0.527 bits per heavy atom. The number of unbranched alkanes of at least 4 members (excludes halogenated alkanes) is 2. The van der Waals surface area contributed by atoms with Gasteiger partial charge < -0.3 is 141 Å². The number of guanidine groups is 2. The SMILES string of the molecule is CC(=O)N[C@H]1[C@H]([C@H](OCC(=O)NCCCCN(CCCCNC(=O)CO[C@@H]([C@@H]2OC(C(=O)O)=C[C@H](NC(=N)N)[C@H]2NC(C)=O)[C@H](O)CO)C(=O)CCOCCOCCOCCOCCOCCOCCOCCOCCON)[C@H](O)CO)OC(C(=O)O)=C[C@@H]1NC(=N)N. The molecule has 20 N–H and O–H groups in total. The van der Waals surface area contributed by atoms with E-state index in [1.54, 1.807) is 4.90 Å². The Labute approximate surface area is 538 Å². The molecule has 0 saturated carbocycles. The van der Waals surface area contributed by atoms with Crippen LogP contribution in [0, 0.1) is 10.8 Å². The van der Waals surface area contributed by atoms with E-state index in [2.05, 4.69) is 36.7 Å². The summed E-state index contributed by atoms with van der Waals surface area (Å²) < 4.78 is 66.4. The lowest BCUT2D eigenvalue weighted by molar-refractivity contribution is -0.159. The van der Waals surface area contributed by atoms with Crippen molar-refractivity contribution in [3.63, 3.8) is 0 Å². The Morgan fingerprint density at radius 3 is 1.14 bits per heavy atom. The van der Waals surface area contributed by atoms with Crippen molar-refractivity contribution < 1.29 is 126 Å². The van der Waals surface area contributed by atoms with Crippen molar-refractivity contribution in [1.82, 2.24) is 36.8 Å². The minimum absolute atomic E-state index is 0.00261. The molecule has 0 aromatic carbocycles. The lowest BCUT2D eigenvalue weighted by atomic mass is 9.91. The average Bonchev–Trinajstić information content (AvgIpc) is 0.838. The number of carbonyl (C=O) groups excluding carboxylic acids is 5. The topological polar surface area (TPSA) is 562 Å². The van der Waals surface area contributed by atoms with E-state index >= 15 is 0 Å². The second-order valence-corrected chi connectivity index (χ2v) is 20.5. The first-order chi connectivity index (χ1) is 44.6. The fraction of sp³-hybridized carbons (Fsp3) is 0.764. The Bertz CT molecular complexity index is 2160. The zero-order valence-corrected chi connectivity index (χ0v) is 52.7. The molecule has 0 aliphatic carbocycles. The summed E-state index contributed by atoms with van der Waals surface area (Å²) in [6, 6.07) is -4.76. The second-order valence-electron chi connectivity index (χ2n) is 20.5. The predicted octanol–water partition coefficient (Wildman–Crippen LogP) is -7.05. The van der Waals surface area contributed by atoms with Gasteiger partial charge in [-0.25, -0.2) is 15.5 Å². The van der Waals surface area contributed by atoms with Crippen LogP contribution in [0.3, 0.4) is 0 Å². The Balaban J connectivity index is 1.92. The molecule has 0 fully saturated rings. The number of hydrogen-bond donors (Lipinski definition) is 17. The van der Waals surface area contributed by atoms with Gasteiger partial charge in [-0.2, -0.15) is 0 Å². The van der Waals surface area contributed by atoms with Crippen LogP contribution in [0.4, 0.5) is 0 Å². The number of aliphatic carboxylic acids is 2. The molecule has 0 saturated heterocycles. The number of carboxylic acids is 2. The van der Waals surface area contributed by atoms with Gasteiger partial charge >= 0.3 is 11.9 Å². The molecule has 0 radical (unpaired) electrons. The van der Waals surface area contributed by atoms with E-state index in [9.17, 15) is 64.2 Å².